The molecule has 1 aromatic carbocycles. The fourth-order valence-electron chi connectivity index (χ4n) is 1.75. The van der Waals surface area contributed by atoms with Crippen LogP contribution in [0, 0.1) is 5.82 Å². The molecule has 1 amide bonds. The number of anilines is 1. The normalized spacial score (nSPS) is 11.1. The third kappa shape index (κ3) is 4.29. The summed E-state index contributed by atoms with van der Waals surface area (Å²) in [5.41, 5.74) is -0.236. The number of ether oxygens (including phenoxy) is 1. The van der Waals surface area contributed by atoms with Gasteiger partial charge < -0.3 is 14.4 Å². The number of nitrogens with zero attached hydrogens (tertiary/aromatic N) is 1. The van der Waals surface area contributed by atoms with Crippen LogP contribution in [0.4, 0.5) is 14.9 Å². The minimum absolute atomic E-state index is 0.0768. The van der Waals surface area contributed by atoms with Crippen LogP contribution in [0.5, 0.6) is 0 Å². The number of carboxylic acid groups (broad SMARTS) is 1. The third-order valence-corrected chi connectivity index (χ3v) is 2.61. The Hall–Kier alpha value is -2.90. The first kappa shape index (κ1) is 16.5. The van der Waals surface area contributed by atoms with E-state index < -0.39 is 29.2 Å². The molecule has 1 heterocycles. The highest BCUT2D eigenvalue weighted by Gasteiger charge is 2.20. The number of carbonyl (C=O) groups is 2. The molecule has 0 radical (unpaired) electrons. The highest BCUT2D eigenvalue weighted by atomic mass is 19.1. The molecule has 0 fully saturated rings. The zero-order valence-electron chi connectivity index (χ0n) is 12.7. The first-order chi connectivity index (χ1) is 10.7. The van der Waals surface area contributed by atoms with Crippen molar-refractivity contribution in [3.63, 3.8) is 0 Å². The van der Waals surface area contributed by atoms with Crippen molar-refractivity contribution in [2.24, 2.45) is 0 Å². The topological polar surface area (TPSA) is 102 Å². The Kier molecular flexibility index (Phi) is 4.35. The smallest absolute Gasteiger partial charge is 0.412 e. The van der Waals surface area contributed by atoms with Crippen LogP contribution in [-0.4, -0.2) is 27.9 Å². The molecule has 0 aliphatic rings. The first-order valence-corrected chi connectivity index (χ1v) is 6.65. The fraction of sp³-hybridized carbons (Fsp3) is 0.267. The quantitative estimate of drug-likeness (QED) is 0.896. The molecule has 2 aromatic rings. The van der Waals surface area contributed by atoms with Gasteiger partial charge in [-0.25, -0.2) is 14.0 Å². The molecule has 0 unspecified atom stereocenters. The Bertz CT molecular complexity index is 749. The van der Waals surface area contributed by atoms with Gasteiger partial charge in [-0.2, -0.15) is 0 Å². The summed E-state index contributed by atoms with van der Waals surface area (Å²) >= 11 is 0. The number of rotatable bonds is 3. The highest BCUT2D eigenvalue weighted by molar-refractivity contribution is 5.92. The van der Waals surface area contributed by atoms with Gasteiger partial charge in [-0.3, -0.25) is 5.32 Å². The lowest BCUT2D eigenvalue weighted by atomic mass is 10.1. The second kappa shape index (κ2) is 6.07. The number of carbonyl (C=O) groups excluding carboxylic acids is 1. The van der Waals surface area contributed by atoms with Gasteiger partial charge >= 0.3 is 12.1 Å². The Labute approximate surface area is 131 Å². The van der Waals surface area contributed by atoms with E-state index in [1.165, 1.54) is 6.07 Å². The lowest BCUT2D eigenvalue weighted by molar-refractivity contribution is 0.0631. The summed E-state index contributed by atoms with van der Waals surface area (Å²) in [6, 6.07) is 4.71. The number of nitrogens with one attached hydrogen (secondary N) is 1. The van der Waals surface area contributed by atoms with Crippen LogP contribution in [-0.2, 0) is 4.74 Å². The van der Waals surface area contributed by atoms with E-state index >= 15 is 0 Å². The van der Waals surface area contributed by atoms with Crippen molar-refractivity contribution in [2.75, 3.05) is 5.32 Å². The van der Waals surface area contributed by atoms with E-state index in [0.29, 0.717) is 0 Å². The van der Waals surface area contributed by atoms with Gasteiger partial charge in [0, 0.05) is 11.6 Å². The molecule has 0 aliphatic carbocycles. The van der Waals surface area contributed by atoms with E-state index in [4.69, 9.17) is 9.84 Å². The van der Waals surface area contributed by atoms with Gasteiger partial charge in [-0.1, -0.05) is 5.16 Å². The molecule has 0 atom stereocenters. The summed E-state index contributed by atoms with van der Waals surface area (Å²) < 4.78 is 23.3. The number of carboxylic acids is 1. The number of halogens is 1. The minimum atomic E-state index is -1.30. The number of aromatic carboxylic acids is 1. The van der Waals surface area contributed by atoms with Crippen LogP contribution >= 0.6 is 0 Å². The number of benzene rings is 1. The molecular weight excluding hydrogens is 307 g/mol. The van der Waals surface area contributed by atoms with Gasteiger partial charge in [-0.05, 0) is 39.0 Å². The number of hydrogen-bond acceptors (Lipinski definition) is 5. The Balaban J connectivity index is 2.33. The standard InChI is InChI=1S/C15H15FN2O5/c1-15(2,3)22-14(21)17-10-5-4-8(16)6-9(10)11-7-12(13(19)20)23-18-11/h4-7H,1-3H3,(H,17,21)(H,19,20). The average molecular weight is 322 g/mol. The summed E-state index contributed by atoms with van der Waals surface area (Å²) in [7, 11) is 0. The molecule has 7 nitrogen and oxygen atoms in total. The predicted octanol–water partition coefficient (Wildman–Crippen LogP) is 3.53. The molecule has 122 valence electrons. The SMILES string of the molecule is CC(C)(C)OC(=O)Nc1ccc(F)cc1-c1cc(C(=O)O)on1. The zero-order valence-corrected chi connectivity index (χ0v) is 12.7. The summed E-state index contributed by atoms with van der Waals surface area (Å²) in [4.78, 5) is 22.7. The second-order valence-corrected chi connectivity index (χ2v) is 5.70. The number of amides is 1. The Morgan fingerprint density at radius 3 is 2.57 bits per heavy atom. The second-order valence-electron chi connectivity index (χ2n) is 5.70. The maximum Gasteiger partial charge on any atom is 0.412 e. The molecule has 0 spiro atoms. The van der Waals surface area contributed by atoms with Crippen molar-refractivity contribution < 1.29 is 28.3 Å². The van der Waals surface area contributed by atoms with Crippen molar-refractivity contribution in [3.8, 4) is 11.3 Å². The summed E-state index contributed by atoms with van der Waals surface area (Å²) in [5.74, 6) is -2.27. The van der Waals surface area contributed by atoms with Crippen LogP contribution in [0.25, 0.3) is 11.3 Å². The van der Waals surface area contributed by atoms with Crippen LogP contribution in [0.2, 0.25) is 0 Å². The van der Waals surface area contributed by atoms with E-state index in [0.717, 1.165) is 18.2 Å². The fourth-order valence-corrected chi connectivity index (χ4v) is 1.75. The van der Waals surface area contributed by atoms with E-state index in [-0.39, 0.29) is 16.9 Å². The van der Waals surface area contributed by atoms with E-state index in [9.17, 15) is 14.0 Å². The molecule has 0 bridgehead atoms. The first-order valence-electron chi connectivity index (χ1n) is 6.65. The van der Waals surface area contributed by atoms with Crippen LogP contribution in [0.1, 0.15) is 31.3 Å². The van der Waals surface area contributed by atoms with Gasteiger partial charge in [0.15, 0.2) is 0 Å². The van der Waals surface area contributed by atoms with Gasteiger partial charge in [0.25, 0.3) is 0 Å². The van der Waals surface area contributed by atoms with Gasteiger partial charge in [0.2, 0.25) is 5.76 Å². The van der Waals surface area contributed by atoms with Crippen LogP contribution in [0.3, 0.4) is 0 Å². The summed E-state index contributed by atoms with van der Waals surface area (Å²) in [6.45, 7) is 5.11. The summed E-state index contributed by atoms with van der Waals surface area (Å²) in [5, 5.41) is 14.9. The molecule has 0 saturated heterocycles. The van der Waals surface area contributed by atoms with Gasteiger partial charge in [0.1, 0.15) is 17.1 Å². The predicted molar refractivity (Wildman–Crippen MR) is 78.7 cm³/mol. The maximum atomic E-state index is 13.5. The van der Waals surface area contributed by atoms with Crippen molar-refractivity contribution in [1.82, 2.24) is 5.16 Å². The largest absolute Gasteiger partial charge is 0.475 e. The van der Waals surface area contributed by atoms with Crippen molar-refractivity contribution in [3.05, 3.63) is 35.8 Å². The molecule has 2 N–H and O–H groups in total. The number of aromatic nitrogens is 1. The average Bonchev–Trinajstić information content (AvgIpc) is 2.88. The van der Waals surface area contributed by atoms with Crippen LogP contribution < -0.4 is 5.32 Å². The zero-order chi connectivity index (χ0) is 17.2. The molecular formula is C15H15FN2O5. The molecule has 0 aliphatic heterocycles. The molecule has 23 heavy (non-hydrogen) atoms. The van der Waals surface area contributed by atoms with Crippen molar-refractivity contribution in [2.45, 2.75) is 26.4 Å². The lowest BCUT2D eigenvalue weighted by Gasteiger charge is -2.20. The third-order valence-electron chi connectivity index (χ3n) is 2.61. The van der Waals surface area contributed by atoms with Crippen molar-refractivity contribution in [1.29, 1.82) is 0 Å². The van der Waals surface area contributed by atoms with E-state index in [1.807, 2.05) is 0 Å². The number of hydrogen-bond donors (Lipinski definition) is 2. The Morgan fingerprint density at radius 1 is 1.30 bits per heavy atom. The molecule has 1 aromatic heterocycles. The maximum absolute atomic E-state index is 13.5. The van der Waals surface area contributed by atoms with Crippen molar-refractivity contribution >= 4 is 17.7 Å². The van der Waals surface area contributed by atoms with Gasteiger partial charge in [-0.15, -0.1) is 0 Å². The lowest BCUT2D eigenvalue weighted by Crippen LogP contribution is -2.27. The highest BCUT2D eigenvalue weighted by Crippen LogP contribution is 2.29. The monoisotopic (exact) mass is 322 g/mol. The van der Waals surface area contributed by atoms with E-state index in [2.05, 4.69) is 15.0 Å². The molecule has 8 heteroatoms. The van der Waals surface area contributed by atoms with E-state index in [1.54, 1.807) is 20.8 Å². The van der Waals surface area contributed by atoms with Crippen LogP contribution in [0.15, 0.2) is 28.8 Å². The minimum Gasteiger partial charge on any atom is -0.475 e. The molecule has 2 rings (SSSR count). The van der Waals surface area contributed by atoms with Gasteiger partial charge in [0.05, 0.1) is 5.69 Å². The summed E-state index contributed by atoms with van der Waals surface area (Å²) in [6.07, 6.45) is -0.729. The molecule has 0 saturated carbocycles. The Morgan fingerprint density at radius 2 is 2.00 bits per heavy atom.